The lowest BCUT2D eigenvalue weighted by molar-refractivity contribution is -0.108. The summed E-state index contributed by atoms with van der Waals surface area (Å²) in [7, 11) is 2.10. The molecule has 6 aliphatic rings. The van der Waals surface area contributed by atoms with Gasteiger partial charge in [0, 0.05) is 19.3 Å². The predicted octanol–water partition coefficient (Wildman–Crippen LogP) is -0.665. The molecule has 7 rings (SSSR count). The second kappa shape index (κ2) is 10.3. The van der Waals surface area contributed by atoms with Gasteiger partial charge in [-0.05, 0) is 69.2 Å². The molecule has 5 fully saturated rings. The molecule has 2 aliphatic carbocycles. The number of nitrogens with zero attached hydrogens (tertiary/aromatic N) is 3. The van der Waals surface area contributed by atoms with Crippen LogP contribution in [-0.4, -0.2) is 102 Å². The van der Waals surface area contributed by atoms with E-state index >= 15 is 0 Å². The molecular formula is C28H43N9O3. The van der Waals surface area contributed by atoms with E-state index in [1.54, 1.807) is 0 Å². The van der Waals surface area contributed by atoms with E-state index in [0.717, 1.165) is 55.5 Å². The molecule has 4 heterocycles. The molecule has 0 amide bonds. The second-order valence-electron chi connectivity index (χ2n) is 12.8. The summed E-state index contributed by atoms with van der Waals surface area (Å²) in [6, 6.07) is 9.33. The van der Waals surface area contributed by atoms with Gasteiger partial charge in [0.1, 0.15) is 24.5 Å². The fourth-order valence-electron chi connectivity index (χ4n) is 7.37. The predicted molar refractivity (Wildman–Crippen MR) is 150 cm³/mol. The molecule has 0 spiro atoms. The van der Waals surface area contributed by atoms with E-state index in [0.29, 0.717) is 31.8 Å². The van der Waals surface area contributed by atoms with Gasteiger partial charge in [-0.25, -0.2) is 4.90 Å². The van der Waals surface area contributed by atoms with Crippen LogP contribution in [0.5, 0.6) is 0 Å². The van der Waals surface area contributed by atoms with E-state index in [2.05, 4.69) is 62.8 Å². The quantitative estimate of drug-likeness (QED) is 0.205. The number of likely N-dealkylation sites (N-methyl/N-ethyl adjacent to an activating group) is 1. The molecule has 12 heteroatoms. The number of ether oxygens (including phenoxy) is 1. The van der Waals surface area contributed by atoms with Crippen LogP contribution in [0, 0.1) is 17.2 Å². The minimum atomic E-state index is -0.970. The van der Waals surface area contributed by atoms with Crippen molar-refractivity contribution in [3.05, 3.63) is 23.8 Å². The second-order valence-corrected chi connectivity index (χ2v) is 12.8. The van der Waals surface area contributed by atoms with Gasteiger partial charge in [0.15, 0.2) is 0 Å². The highest BCUT2D eigenvalue weighted by Crippen LogP contribution is 2.49. The number of fused-ring (bicyclic) bond motifs is 2. The largest absolute Gasteiger partial charge is 0.387 e. The van der Waals surface area contributed by atoms with Crippen molar-refractivity contribution in [2.45, 2.75) is 99.1 Å². The van der Waals surface area contributed by atoms with Gasteiger partial charge < -0.3 is 36.2 Å². The van der Waals surface area contributed by atoms with Crippen molar-refractivity contribution in [2.75, 3.05) is 37.6 Å². The van der Waals surface area contributed by atoms with Crippen molar-refractivity contribution in [1.82, 2.24) is 25.8 Å². The zero-order valence-corrected chi connectivity index (χ0v) is 23.1. The number of benzene rings is 1. The van der Waals surface area contributed by atoms with Gasteiger partial charge in [0.2, 0.25) is 0 Å². The highest BCUT2D eigenvalue weighted by Gasteiger charge is 2.52. The monoisotopic (exact) mass is 553 g/mol. The van der Waals surface area contributed by atoms with Crippen molar-refractivity contribution in [1.29, 1.82) is 5.26 Å². The molecule has 0 bridgehead atoms. The lowest BCUT2D eigenvalue weighted by atomic mass is 9.76. The van der Waals surface area contributed by atoms with Crippen LogP contribution in [0.4, 0.5) is 11.4 Å². The molecule has 0 aromatic heterocycles. The molecule has 8 atom stereocenters. The number of hydrogen-bond acceptors (Lipinski definition) is 12. The van der Waals surface area contributed by atoms with E-state index in [1.165, 1.54) is 0 Å². The molecule has 0 radical (unpaired) electrons. The number of rotatable bonds is 8. The lowest BCUT2D eigenvalue weighted by Crippen LogP contribution is -2.68. The normalized spacial score (nSPS) is 41.5. The Morgan fingerprint density at radius 3 is 2.70 bits per heavy atom. The number of aliphatic hydroxyl groups excluding tert-OH is 2. The summed E-state index contributed by atoms with van der Waals surface area (Å²) in [5, 5.41) is 48.4. The average Bonchev–Trinajstić information content (AvgIpc) is 3.30. The van der Waals surface area contributed by atoms with Crippen LogP contribution in [0.2, 0.25) is 0 Å². The van der Waals surface area contributed by atoms with E-state index in [9.17, 15) is 15.5 Å². The number of anilines is 2. The van der Waals surface area contributed by atoms with E-state index in [-0.39, 0.29) is 30.0 Å². The fourth-order valence-corrected chi connectivity index (χ4v) is 7.37. The summed E-state index contributed by atoms with van der Waals surface area (Å²) in [4.78, 5) is 4.33. The number of nitrogens with two attached hydrogens (primary N) is 1. The van der Waals surface area contributed by atoms with E-state index < -0.39 is 24.5 Å². The Labute approximate surface area is 235 Å². The first kappa shape index (κ1) is 26.8. The van der Waals surface area contributed by atoms with Gasteiger partial charge in [-0.2, -0.15) is 5.26 Å². The van der Waals surface area contributed by atoms with Crippen LogP contribution in [-0.2, 0) is 10.2 Å². The Morgan fingerprint density at radius 2 is 1.93 bits per heavy atom. The van der Waals surface area contributed by atoms with Crippen molar-refractivity contribution in [2.24, 2.45) is 11.7 Å². The summed E-state index contributed by atoms with van der Waals surface area (Å²) in [5.41, 5.74) is 9.31. The van der Waals surface area contributed by atoms with Gasteiger partial charge in [-0.15, -0.1) is 0 Å². The number of hydrogen-bond donors (Lipinski definition) is 8. The van der Waals surface area contributed by atoms with Crippen LogP contribution >= 0.6 is 0 Å². The summed E-state index contributed by atoms with van der Waals surface area (Å²) in [6.07, 6.45) is 3.46. The summed E-state index contributed by atoms with van der Waals surface area (Å²) in [6.45, 7) is 1.71. The topological polar surface area (TPSA) is 166 Å². The van der Waals surface area contributed by atoms with Crippen LogP contribution in [0.3, 0.4) is 0 Å². The standard InChI is InChI=1S/C28H43N9O3/c1-36(11-20-23(38)24(39)27(40-20)37-14-33-22-25(30)31-13-32-26(22)37)17-8-15(9-17)2-5-21-34-18-4-3-16(10-19(18)35-21)28(12-29)6-7-28/h3-4,10,15,17,20-27,31-35,38-39H,2,5-9,11,13-14,30H2,1H3/t15-,17-,20-,21?,22?,23-,24-,25?,26?,27-/m1/s1. The highest BCUT2D eigenvalue weighted by molar-refractivity contribution is 5.76. The van der Waals surface area contributed by atoms with Crippen LogP contribution in [0.25, 0.3) is 0 Å². The van der Waals surface area contributed by atoms with E-state index in [1.807, 2.05) is 4.90 Å². The molecule has 1 aromatic rings. The zero-order valence-electron chi connectivity index (χ0n) is 23.1. The molecule has 218 valence electrons. The molecule has 4 unspecified atom stereocenters. The third kappa shape index (κ3) is 4.67. The number of nitrogens with one attached hydrogen (secondary N) is 5. The SMILES string of the molecule is CN(C[C@H]1O[C@@H](N2CNC3C(N)NCNC32)[C@H](O)[C@@H]1O)[C@H]1C[C@H](CCC2Nc3ccc(C4(C#N)CC4)cc3N2)C1. The molecule has 2 saturated carbocycles. The lowest BCUT2D eigenvalue weighted by Gasteiger charge is -2.42. The Kier molecular flexibility index (Phi) is 6.94. The van der Waals surface area contributed by atoms with Crippen LogP contribution in [0.1, 0.15) is 44.1 Å². The Balaban J connectivity index is 0.857. The highest BCUT2D eigenvalue weighted by atomic mass is 16.6. The molecule has 4 aliphatic heterocycles. The fraction of sp³-hybridized carbons (Fsp3) is 0.750. The van der Waals surface area contributed by atoms with Gasteiger partial charge in [-0.1, -0.05) is 6.07 Å². The van der Waals surface area contributed by atoms with Crippen molar-refractivity contribution in [3.8, 4) is 6.07 Å². The Bertz CT molecular complexity index is 1140. The van der Waals surface area contributed by atoms with Gasteiger partial charge in [0.25, 0.3) is 0 Å². The molecular weight excluding hydrogens is 510 g/mol. The summed E-state index contributed by atoms with van der Waals surface area (Å²) >= 11 is 0. The maximum atomic E-state index is 10.9. The maximum Gasteiger partial charge on any atom is 0.142 e. The third-order valence-electron chi connectivity index (χ3n) is 10.3. The Morgan fingerprint density at radius 1 is 1.12 bits per heavy atom. The van der Waals surface area contributed by atoms with Crippen LogP contribution in [0.15, 0.2) is 18.2 Å². The van der Waals surface area contributed by atoms with Gasteiger partial charge >= 0.3 is 0 Å². The smallest absolute Gasteiger partial charge is 0.142 e. The van der Waals surface area contributed by atoms with Crippen molar-refractivity contribution < 1.29 is 14.9 Å². The molecule has 12 nitrogen and oxygen atoms in total. The molecule has 3 saturated heterocycles. The first-order chi connectivity index (χ1) is 19.3. The first-order valence-electron chi connectivity index (χ1n) is 14.9. The van der Waals surface area contributed by atoms with Crippen molar-refractivity contribution >= 4 is 11.4 Å². The summed E-state index contributed by atoms with van der Waals surface area (Å²) in [5.74, 6) is 0.680. The number of aliphatic hydroxyl groups is 2. The first-order valence-corrected chi connectivity index (χ1v) is 14.9. The van der Waals surface area contributed by atoms with Gasteiger partial charge in [-0.3, -0.25) is 16.0 Å². The minimum absolute atomic E-state index is 0.00927. The third-order valence-corrected chi connectivity index (χ3v) is 10.3. The summed E-state index contributed by atoms with van der Waals surface area (Å²) < 4.78 is 6.27. The minimum Gasteiger partial charge on any atom is -0.387 e. The van der Waals surface area contributed by atoms with Crippen LogP contribution < -0.4 is 32.3 Å². The maximum absolute atomic E-state index is 10.9. The zero-order chi connectivity index (χ0) is 27.6. The molecule has 1 aromatic carbocycles. The molecule has 9 N–H and O–H groups in total. The Hall–Kier alpha value is -2.05. The van der Waals surface area contributed by atoms with Crippen molar-refractivity contribution in [3.63, 3.8) is 0 Å². The molecule has 40 heavy (non-hydrogen) atoms. The van der Waals surface area contributed by atoms with Gasteiger partial charge in [0.05, 0.1) is 54.1 Å². The average molecular weight is 554 g/mol. The number of nitriles is 1. The van der Waals surface area contributed by atoms with E-state index in [4.69, 9.17) is 10.5 Å².